The number of unbranched alkanes of at least 4 members (excludes halogenated alkanes) is 3. The third kappa shape index (κ3) is 5.67. The normalized spacial score (nSPS) is 13.1. The molecular formula is C16H28N2O2S. The lowest BCUT2D eigenvalue weighted by atomic mass is 10.1. The van der Waals surface area contributed by atoms with Crippen molar-refractivity contribution in [3.8, 4) is 0 Å². The molecule has 1 aromatic carbocycles. The minimum atomic E-state index is -3.40. The third-order valence-corrected chi connectivity index (χ3v) is 5.21. The van der Waals surface area contributed by atoms with Gasteiger partial charge >= 0.3 is 0 Å². The van der Waals surface area contributed by atoms with Crippen LogP contribution in [-0.2, 0) is 10.0 Å². The van der Waals surface area contributed by atoms with Crippen LogP contribution in [0.15, 0.2) is 23.1 Å². The first-order valence-electron chi connectivity index (χ1n) is 7.71. The Bertz CT molecular complexity index is 541. The fourth-order valence-corrected chi connectivity index (χ4v) is 3.32. The summed E-state index contributed by atoms with van der Waals surface area (Å²) >= 11 is 0. The van der Waals surface area contributed by atoms with Gasteiger partial charge in [-0.05, 0) is 45.0 Å². The number of hydrogen-bond donors (Lipinski definition) is 2. The second-order valence-electron chi connectivity index (χ2n) is 5.58. The summed E-state index contributed by atoms with van der Waals surface area (Å²) in [7, 11) is -1.97. The van der Waals surface area contributed by atoms with Gasteiger partial charge in [-0.15, -0.1) is 0 Å². The van der Waals surface area contributed by atoms with Crippen LogP contribution in [0, 0.1) is 6.92 Å². The van der Waals surface area contributed by atoms with Crippen molar-refractivity contribution >= 4 is 15.7 Å². The smallest absolute Gasteiger partial charge is 0.240 e. The zero-order valence-corrected chi connectivity index (χ0v) is 14.4. The first kappa shape index (κ1) is 18.0. The monoisotopic (exact) mass is 312 g/mol. The lowest BCUT2D eigenvalue weighted by molar-refractivity contribution is 0.587. The largest absolute Gasteiger partial charge is 0.383 e. The Hall–Kier alpha value is -1.07. The fourth-order valence-electron chi connectivity index (χ4n) is 2.32. The standard InChI is InChI=1S/C16H28N2O2S/c1-5-6-7-8-9-14(3)18-15-11-10-13(2)16(12-15)21(19,20)17-4/h10-12,14,17-18H,5-9H2,1-4H3. The zero-order chi connectivity index (χ0) is 15.9. The molecule has 0 radical (unpaired) electrons. The molecule has 0 aliphatic heterocycles. The van der Waals surface area contributed by atoms with Crippen molar-refractivity contribution in [2.75, 3.05) is 12.4 Å². The van der Waals surface area contributed by atoms with Gasteiger partial charge in [-0.3, -0.25) is 0 Å². The number of sulfonamides is 1. The van der Waals surface area contributed by atoms with E-state index in [1.807, 2.05) is 19.1 Å². The SMILES string of the molecule is CCCCCCC(C)Nc1ccc(C)c(S(=O)(=O)NC)c1. The molecule has 0 fully saturated rings. The van der Waals surface area contributed by atoms with Gasteiger partial charge in [-0.1, -0.05) is 38.7 Å². The molecule has 0 aliphatic rings. The van der Waals surface area contributed by atoms with Crippen molar-refractivity contribution in [1.29, 1.82) is 0 Å². The van der Waals surface area contributed by atoms with E-state index in [-0.39, 0.29) is 0 Å². The lowest BCUT2D eigenvalue weighted by Crippen LogP contribution is -2.20. The summed E-state index contributed by atoms with van der Waals surface area (Å²) in [6, 6.07) is 5.84. The van der Waals surface area contributed by atoms with Crippen molar-refractivity contribution in [1.82, 2.24) is 4.72 Å². The summed E-state index contributed by atoms with van der Waals surface area (Å²) < 4.78 is 26.3. The van der Waals surface area contributed by atoms with E-state index in [1.165, 1.54) is 32.7 Å². The maximum Gasteiger partial charge on any atom is 0.240 e. The molecule has 0 aromatic heterocycles. The molecule has 1 aromatic rings. The van der Waals surface area contributed by atoms with E-state index in [2.05, 4.69) is 23.9 Å². The van der Waals surface area contributed by atoms with Crippen LogP contribution < -0.4 is 10.0 Å². The molecule has 0 heterocycles. The minimum Gasteiger partial charge on any atom is -0.383 e. The van der Waals surface area contributed by atoms with Crippen LogP contribution in [0.5, 0.6) is 0 Å². The summed E-state index contributed by atoms with van der Waals surface area (Å²) in [5.41, 5.74) is 1.61. The summed E-state index contributed by atoms with van der Waals surface area (Å²) in [6.45, 7) is 6.15. The van der Waals surface area contributed by atoms with Gasteiger partial charge in [0.05, 0.1) is 4.90 Å². The number of benzene rings is 1. The van der Waals surface area contributed by atoms with Crippen LogP contribution in [0.25, 0.3) is 0 Å². The van der Waals surface area contributed by atoms with E-state index in [1.54, 1.807) is 6.07 Å². The predicted octanol–water partition coefficient (Wildman–Crippen LogP) is 3.67. The minimum absolute atomic E-state index is 0.341. The Morgan fingerprint density at radius 3 is 2.52 bits per heavy atom. The van der Waals surface area contributed by atoms with Crippen molar-refractivity contribution in [3.05, 3.63) is 23.8 Å². The van der Waals surface area contributed by atoms with Crippen LogP contribution in [0.1, 0.15) is 51.5 Å². The summed E-state index contributed by atoms with van der Waals surface area (Å²) in [5.74, 6) is 0. The Labute approximate surface area is 129 Å². The van der Waals surface area contributed by atoms with Gasteiger partial charge in [0, 0.05) is 11.7 Å². The van der Waals surface area contributed by atoms with Crippen molar-refractivity contribution in [2.24, 2.45) is 0 Å². The van der Waals surface area contributed by atoms with Gasteiger partial charge in [0.1, 0.15) is 0 Å². The first-order valence-corrected chi connectivity index (χ1v) is 9.19. The molecular weight excluding hydrogens is 284 g/mol. The van der Waals surface area contributed by atoms with Crippen molar-refractivity contribution < 1.29 is 8.42 Å². The van der Waals surface area contributed by atoms with Gasteiger partial charge in [0.15, 0.2) is 0 Å². The van der Waals surface area contributed by atoms with Crippen LogP contribution in [0.2, 0.25) is 0 Å². The Morgan fingerprint density at radius 2 is 1.90 bits per heavy atom. The topological polar surface area (TPSA) is 58.2 Å². The van der Waals surface area contributed by atoms with E-state index in [9.17, 15) is 8.42 Å². The number of aryl methyl sites for hydroxylation is 1. The highest BCUT2D eigenvalue weighted by molar-refractivity contribution is 7.89. The molecule has 2 N–H and O–H groups in total. The van der Waals surface area contributed by atoms with Gasteiger partial charge < -0.3 is 5.32 Å². The molecule has 1 atom stereocenters. The Morgan fingerprint density at radius 1 is 1.19 bits per heavy atom. The first-order chi connectivity index (χ1) is 9.90. The summed E-state index contributed by atoms with van der Waals surface area (Å²) in [4.78, 5) is 0.341. The van der Waals surface area contributed by atoms with Crippen LogP contribution in [0.3, 0.4) is 0 Å². The molecule has 4 nitrogen and oxygen atoms in total. The molecule has 0 aliphatic carbocycles. The molecule has 0 spiro atoms. The second kappa shape index (κ2) is 8.39. The van der Waals surface area contributed by atoms with Crippen LogP contribution >= 0.6 is 0 Å². The van der Waals surface area contributed by atoms with Crippen LogP contribution in [0.4, 0.5) is 5.69 Å². The molecule has 5 heteroatoms. The van der Waals surface area contributed by atoms with E-state index in [4.69, 9.17) is 0 Å². The maximum absolute atomic E-state index is 12.0. The lowest BCUT2D eigenvalue weighted by Gasteiger charge is -2.17. The average Bonchev–Trinajstić information content (AvgIpc) is 2.45. The van der Waals surface area contributed by atoms with Gasteiger partial charge in [-0.2, -0.15) is 0 Å². The van der Waals surface area contributed by atoms with E-state index in [0.29, 0.717) is 10.9 Å². The third-order valence-electron chi connectivity index (χ3n) is 3.65. The number of hydrogen-bond acceptors (Lipinski definition) is 3. The quantitative estimate of drug-likeness (QED) is 0.684. The van der Waals surface area contributed by atoms with E-state index >= 15 is 0 Å². The van der Waals surface area contributed by atoms with E-state index in [0.717, 1.165) is 17.7 Å². The van der Waals surface area contributed by atoms with E-state index < -0.39 is 10.0 Å². The van der Waals surface area contributed by atoms with Gasteiger partial charge in [0.25, 0.3) is 0 Å². The molecule has 0 amide bonds. The highest BCUT2D eigenvalue weighted by Crippen LogP contribution is 2.21. The van der Waals surface area contributed by atoms with Crippen LogP contribution in [-0.4, -0.2) is 21.5 Å². The molecule has 0 bridgehead atoms. The van der Waals surface area contributed by atoms with Gasteiger partial charge in [0.2, 0.25) is 10.0 Å². The molecule has 21 heavy (non-hydrogen) atoms. The predicted molar refractivity (Wildman–Crippen MR) is 89.3 cm³/mol. The molecule has 1 rings (SSSR count). The average molecular weight is 312 g/mol. The zero-order valence-electron chi connectivity index (χ0n) is 13.6. The maximum atomic E-state index is 12.0. The molecule has 0 saturated carbocycles. The molecule has 120 valence electrons. The molecule has 0 saturated heterocycles. The van der Waals surface area contributed by atoms with Crippen molar-refractivity contribution in [2.45, 2.75) is 63.8 Å². The highest BCUT2D eigenvalue weighted by Gasteiger charge is 2.15. The number of rotatable bonds is 9. The second-order valence-corrected chi connectivity index (χ2v) is 7.44. The Balaban J connectivity index is 2.70. The Kier molecular flexibility index (Phi) is 7.18. The molecule has 1 unspecified atom stereocenters. The summed E-state index contributed by atoms with van der Waals surface area (Å²) in [5, 5.41) is 3.39. The van der Waals surface area contributed by atoms with Crippen molar-refractivity contribution in [3.63, 3.8) is 0 Å². The fraction of sp³-hybridized carbons (Fsp3) is 0.625. The highest BCUT2D eigenvalue weighted by atomic mass is 32.2. The van der Waals surface area contributed by atoms with Gasteiger partial charge in [-0.25, -0.2) is 13.1 Å². The number of anilines is 1. The summed E-state index contributed by atoms with van der Waals surface area (Å²) in [6.07, 6.45) is 6.08. The number of nitrogens with one attached hydrogen (secondary N) is 2.